The van der Waals surface area contributed by atoms with Crippen LogP contribution >= 0.6 is 0 Å². The zero-order chi connectivity index (χ0) is 19.3. The lowest BCUT2D eigenvalue weighted by molar-refractivity contribution is 0.0817. The Balaban J connectivity index is 1.68. The molecule has 1 fully saturated rings. The van der Waals surface area contributed by atoms with Gasteiger partial charge in [0.05, 0.1) is 12.1 Å². The first kappa shape index (κ1) is 19.6. The van der Waals surface area contributed by atoms with Crippen LogP contribution in [0.1, 0.15) is 42.6 Å². The molecule has 3 rings (SSSR count). The van der Waals surface area contributed by atoms with Gasteiger partial charge in [-0.05, 0) is 42.9 Å². The average molecular weight is 367 g/mol. The van der Waals surface area contributed by atoms with E-state index in [1.54, 1.807) is 12.1 Å². The number of benzene rings is 2. The van der Waals surface area contributed by atoms with E-state index in [9.17, 15) is 9.90 Å². The maximum absolute atomic E-state index is 12.6. The highest BCUT2D eigenvalue weighted by molar-refractivity contribution is 5.94. The number of β-amino-alcohol motifs (C(OH)–C–C–N with tert-alkyl or cyclic N) is 1. The van der Waals surface area contributed by atoms with Crippen LogP contribution < -0.4 is 10.6 Å². The third kappa shape index (κ3) is 5.18. The van der Waals surface area contributed by atoms with E-state index in [1.165, 1.54) is 0 Å². The molecule has 0 saturated heterocycles. The van der Waals surface area contributed by atoms with Crippen molar-refractivity contribution < 1.29 is 9.90 Å². The first-order valence-electron chi connectivity index (χ1n) is 9.83. The molecule has 1 aliphatic carbocycles. The molecule has 1 amide bonds. The molecule has 3 N–H and O–H groups in total. The molecule has 1 aliphatic rings. The van der Waals surface area contributed by atoms with Crippen LogP contribution in [-0.2, 0) is 6.42 Å². The van der Waals surface area contributed by atoms with Crippen molar-refractivity contribution in [3.63, 3.8) is 0 Å². The predicted molar refractivity (Wildman–Crippen MR) is 109 cm³/mol. The molecule has 144 valence electrons. The van der Waals surface area contributed by atoms with Gasteiger partial charge in [-0.1, -0.05) is 62.4 Å². The molecule has 0 aromatic heterocycles. The minimum atomic E-state index is -0.658. The normalized spacial score (nSPS) is 17.3. The lowest BCUT2D eigenvalue weighted by atomic mass is 9.98. The fourth-order valence-corrected chi connectivity index (χ4v) is 3.54. The number of amides is 1. The Labute approximate surface area is 162 Å². The zero-order valence-corrected chi connectivity index (χ0v) is 16.2. The topological polar surface area (TPSA) is 61.4 Å². The Morgan fingerprint density at radius 2 is 1.63 bits per heavy atom. The fraction of sp³-hybridized carbons (Fsp3) is 0.435. The van der Waals surface area contributed by atoms with E-state index in [0.717, 1.165) is 18.4 Å². The Kier molecular flexibility index (Phi) is 6.30. The van der Waals surface area contributed by atoms with Gasteiger partial charge in [-0.25, -0.2) is 0 Å². The number of carbonyl (C=O) groups is 1. The third-order valence-electron chi connectivity index (χ3n) is 5.67. The van der Waals surface area contributed by atoms with Gasteiger partial charge in [0.25, 0.3) is 5.91 Å². The monoisotopic (exact) mass is 366 g/mol. The quantitative estimate of drug-likeness (QED) is 0.639. The molecular weight excluding hydrogens is 336 g/mol. The standard InChI is InChI=1S/C23H30N2O2/c1-17(2)23(13-14-23)24-16-21(26)20(15-18-9-5-3-6-10-18)25-22(27)19-11-7-4-8-12-19/h3-12,17,20-21,24,26H,13-16H2,1-2H3,(H,25,27)/t20-,21-/m0/s1. The van der Waals surface area contributed by atoms with E-state index in [0.29, 0.717) is 24.4 Å². The number of rotatable bonds is 9. The number of aliphatic hydroxyl groups is 1. The van der Waals surface area contributed by atoms with Crippen LogP contribution in [0.2, 0.25) is 0 Å². The first-order chi connectivity index (χ1) is 13.0. The summed E-state index contributed by atoms with van der Waals surface area (Å²) < 4.78 is 0. The van der Waals surface area contributed by atoms with Crippen molar-refractivity contribution in [2.24, 2.45) is 5.92 Å². The molecular formula is C23H30N2O2. The van der Waals surface area contributed by atoms with E-state index < -0.39 is 6.10 Å². The Bertz CT molecular complexity index is 727. The molecule has 0 unspecified atom stereocenters. The third-order valence-corrected chi connectivity index (χ3v) is 5.67. The van der Waals surface area contributed by atoms with Gasteiger partial charge < -0.3 is 15.7 Å². The van der Waals surface area contributed by atoms with Crippen molar-refractivity contribution >= 4 is 5.91 Å². The first-order valence-corrected chi connectivity index (χ1v) is 9.83. The van der Waals surface area contributed by atoms with Crippen molar-refractivity contribution in [2.45, 2.75) is 50.8 Å². The van der Waals surface area contributed by atoms with Gasteiger partial charge in [0.15, 0.2) is 0 Å². The summed E-state index contributed by atoms with van der Waals surface area (Å²) in [5.41, 5.74) is 1.86. The van der Waals surface area contributed by atoms with Gasteiger partial charge in [-0.15, -0.1) is 0 Å². The smallest absolute Gasteiger partial charge is 0.251 e. The van der Waals surface area contributed by atoms with Crippen molar-refractivity contribution in [1.29, 1.82) is 0 Å². The van der Waals surface area contributed by atoms with Crippen LogP contribution in [0.3, 0.4) is 0 Å². The van der Waals surface area contributed by atoms with Crippen LogP contribution in [-0.4, -0.2) is 35.2 Å². The van der Waals surface area contributed by atoms with Gasteiger partial charge in [-0.3, -0.25) is 4.79 Å². The van der Waals surface area contributed by atoms with Gasteiger partial charge in [-0.2, -0.15) is 0 Å². The van der Waals surface area contributed by atoms with Gasteiger partial charge in [0.1, 0.15) is 0 Å². The highest BCUT2D eigenvalue weighted by Crippen LogP contribution is 2.41. The Hall–Kier alpha value is -2.17. The van der Waals surface area contributed by atoms with Crippen LogP contribution in [0.4, 0.5) is 0 Å². The molecule has 0 heterocycles. The summed E-state index contributed by atoms with van der Waals surface area (Å²) in [7, 11) is 0. The number of hydrogen-bond acceptors (Lipinski definition) is 3. The Morgan fingerprint density at radius 1 is 1.04 bits per heavy atom. The highest BCUT2D eigenvalue weighted by atomic mass is 16.3. The molecule has 0 aliphatic heterocycles. The van der Waals surface area contributed by atoms with Crippen molar-refractivity contribution in [3.8, 4) is 0 Å². The predicted octanol–water partition coefficient (Wildman–Crippen LogP) is 3.17. The summed E-state index contributed by atoms with van der Waals surface area (Å²) in [6.45, 7) is 4.90. The lowest BCUT2D eigenvalue weighted by Gasteiger charge is -2.28. The van der Waals surface area contributed by atoms with Crippen molar-refractivity contribution in [1.82, 2.24) is 10.6 Å². The van der Waals surface area contributed by atoms with Crippen LogP contribution in [0.15, 0.2) is 60.7 Å². The minimum Gasteiger partial charge on any atom is -0.390 e. The summed E-state index contributed by atoms with van der Waals surface area (Å²) in [6, 6.07) is 18.8. The summed E-state index contributed by atoms with van der Waals surface area (Å²) in [5.74, 6) is 0.386. The van der Waals surface area contributed by atoms with Gasteiger partial charge >= 0.3 is 0 Å². The summed E-state index contributed by atoms with van der Waals surface area (Å²) >= 11 is 0. The van der Waals surface area contributed by atoms with Crippen LogP contribution in [0, 0.1) is 5.92 Å². The summed E-state index contributed by atoms with van der Waals surface area (Å²) in [6.07, 6.45) is 2.24. The molecule has 0 radical (unpaired) electrons. The largest absolute Gasteiger partial charge is 0.390 e. The molecule has 2 aromatic carbocycles. The second-order valence-corrected chi connectivity index (χ2v) is 7.89. The molecule has 1 saturated carbocycles. The molecule has 4 nitrogen and oxygen atoms in total. The molecule has 27 heavy (non-hydrogen) atoms. The minimum absolute atomic E-state index is 0.152. The summed E-state index contributed by atoms with van der Waals surface area (Å²) in [5, 5.41) is 17.4. The molecule has 2 aromatic rings. The SMILES string of the molecule is CC(C)C1(NC[C@H](O)[C@H](Cc2ccccc2)NC(=O)c2ccccc2)CC1. The molecule has 0 spiro atoms. The summed E-state index contributed by atoms with van der Waals surface area (Å²) in [4.78, 5) is 12.6. The van der Waals surface area contributed by atoms with Crippen molar-refractivity contribution in [2.75, 3.05) is 6.54 Å². The molecule has 4 heteroatoms. The van der Waals surface area contributed by atoms with Crippen LogP contribution in [0.5, 0.6) is 0 Å². The van der Waals surface area contributed by atoms with E-state index in [2.05, 4.69) is 24.5 Å². The van der Waals surface area contributed by atoms with E-state index >= 15 is 0 Å². The second kappa shape index (κ2) is 8.68. The van der Waals surface area contributed by atoms with E-state index in [1.807, 2.05) is 48.5 Å². The van der Waals surface area contributed by atoms with Gasteiger partial charge in [0, 0.05) is 17.6 Å². The number of nitrogens with one attached hydrogen (secondary N) is 2. The second-order valence-electron chi connectivity index (χ2n) is 7.89. The zero-order valence-electron chi connectivity index (χ0n) is 16.2. The fourth-order valence-electron chi connectivity index (χ4n) is 3.54. The maximum atomic E-state index is 12.6. The van der Waals surface area contributed by atoms with Gasteiger partial charge in [0.2, 0.25) is 0 Å². The number of aliphatic hydroxyl groups excluding tert-OH is 1. The number of hydrogen-bond donors (Lipinski definition) is 3. The number of carbonyl (C=O) groups excluding carboxylic acids is 1. The molecule has 0 bridgehead atoms. The highest BCUT2D eigenvalue weighted by Gasteiger charge is 2.45. The van der Waals surface area contributed by atoms with Crippen LogP contribution in [0.25, 0.3) is 0 Å². The van der Waals surface area contributed by atoms with E-state index in [4.69, 9.17) is 0 Å². The van der Waals surface area contributed by atoms with Crippen molar-refractivity contribution in [3.05, 3.63) is 71.8 Å². The molecule has 2 atom stereocenters. The Morgan fingerprint density at radius 3 is 2.19 bits per heavy atom. The lowest BCUT2D eigenvalue weighted by Crippen LogP contribution is -2.51. The maximum Gasteiger partial charge on any atom is 0.251 e. The average Bonchev–Trinajstić information content (AvgIpc) is 3.48. The van der Waals surface area contributed by atoms with E-state index in [-0.39, 0.29) is 17.5 Å².